The lowest BCUT2D eigenvalue weighted by atomic mass is 10.1. The number of nitrogens with one attached hydrogen (secondary N) is 1. The van der Waals surface area contributed by atoms with Crippen molar-refractivity contribution in [2.75, 3.05) is 5.32 Å². The molecule has 20 heavy (non-hydrogen) atoms. The van der Waals surface area contributed by atoms with E-state index in [9.17, 15) is 13.6 Å². The molecular weight excluding hydrogens is 266 g/mol. The molecule has 4 nitrogen and oxygen atoms in total. The maximum absolute atomic E-state index is 13.1. The summed E-state index contributed by atoms with van der Waals surface area (Å²) in [6, 6.07) is 4.69. The molecule has 1 amide bonds. The van der Waals surface area contributed by atoms with Gasteiger partial charge in [0.05, 0.1) is 0 Å². The van der Waals surface area contributed by atoms with E-state index in [-0.39, 0.29) is 17.0 Å². The Bertz CT molecular complexity index is 730. The summed E-state index contributed by atoms with van der Waals surface area (Å²) in [4.78, 5) is 11.9. The largest absolute Gasteiger partial charge is 0.444 e. The highest BCUT2D eigenvalue weighted by atomic mass is 19.2. The van der Waals surface area contributed by atoms with Crippen molar-refractivity contribution in [1.82, 2.24) is 0 Å². The van der Waals surface area contributed by atoms with Crippen molar-refractivity contribution in [2.45, 2.75) is 13.8 Å². The summed E-state index contributed by atoms with van der Waals surface area (Å²) >= 11 is 0. The lowest BCUT2D eigenvalue weighted by molar-refractivity contribution is 0.102. The van der Waals surface area contributed by atoms with Gasteiger partial charge in [0, 0.05) is 11.1 Å². The van der Waals surface area contributed by atoms with Gasteiger partial charge in [0.1, 0.15) is 17.4 Å². The highest BCUT2D eigenvalue weighted by Crippen LogP contribution is 2.25. The van der Waals surface area contributed by atoms with Crippen LogP contribution >= 0.6 is 0 Å². The maximum Gasteiger partial charge on any atom is 0.258 e. The Labute approximate surface area is 113 Å². The van der Waals surface area contributed by atoms with Crippen molar-refractivity contribution in [3.8, 4) is 6.07 Å². The molecule has 102 valence electrons. The number of furan rings is 1. The molecule has 0 saturated heterocycles. The average molecular weight is 276 g/mol. The molecule has 0 unspecified atom stereocenters. The third kappa shape index (κ3) is 2.38. The second-order valence-electron chi connectivity index (χ2n) is 4.18. The van der Waals surface area contributed by atoms with Gasteiger partial charge in [-0.25, -0.2) is 8.78 Å². The van der Waals surface area contributed by atoms with E-state index in [4.69, 9.17) is 9.68 Å². The molecule has 1 aromatic carbocycles. The Balaban J connectivity index is 2.30. The van der Waals surface area contributed by atoms with Crippen LogP contribution in [0.25, 0.3) is 0 Å². The first-order chi connectivity index (χ1) is 9.43. The van der Waals surface area contributed by atoms with Crippen LogP contribution in [0.5, 0.6) is 0 Å². The van der Waals surface area contributed by atoms with Gasteiger partial charge < -0.3 is 4.42 Å². The standard InChI is InChI=1S/C14H10F2N2O2/c1-7-8(2)20-14(10(7)6-17)18-13(19)9-3-4-11(15)12(16)5-9/h3-5H,1-2H3,(H,18,19). The monoisotopic (exact) mass is 276 g/mol. The molecule has 0 bridgehead atoms. The number of anilines is 1. The van der Waals surface area contributed by atoms with Gasteiger partial charge in [-0.3, -0.25) is 10.1 Å². The lowest BCUT2D eigenvalue weighted by Gasteiger charge is -2.03. The van der Waals surface area contributed by atoms with Crippen molar-refractivity contribution in [3.63, 3.8) is 0 Å². The first-order valence-electron chi connectivity index (χ1n) is 5.70. The predicted molar refractivity (Wildman–Crippen MR) is 67.2 cm³/mol. The van der Waals surface area contributed by atoms with Crippen molar-refractivity contribution >= 4 is 11.8 Å². The quantitative estimate of drug-likeness (QED) is 0.915. The molecule has 0 fully saturated rings. The second kappa shape index (κ2) is 5.13. The highest BCUT2D eigenvalue weighted by molar-refractivity contribution is 6.04. The Morgan fingerprint density at radius 2 is 2.00 bits per heavy atom. The highest BCUT2D eigenvalue weighted by Gasteiger charge is 2.18. The number of carbonyl (C=O) groups excluding carboxylic acids is 1. The van der Waals surface area contributed by atoms with E-state index in [1.807, 2.05) is 6.07 Å². The Morgan fingerprint density at radius 3 is 2.60 bits per heavy atom. The van der Waals surface area contributed by atoms with Gasteiger partial charge in [-0.1, -0.05) is 0 Å². The van der Waals surface area contributed by atoms with Crippen LogP contribution in [0.2, 0.25) is 0 Å². The van der Waals surface area contributed by atoms with Gasteiger partial charge >= 0.3 is 0 Å². The second-order valence-corrected chi connectivity index (χ2v) is 4.18. The molecule has 0 spiro atoms. The Morgan fingerprint density at radius 1 is 1.30 bits per heavy atom. The predicted octanol–water partition coefficient (Wildman–Crippen LogP) is 3.30. The summed E-state index contributed by atoms with van der Waals surface area (Å²) in [5.41, 5.74) is 0.756. The minimum atomic E-state index is -1.12. The number of rotatable bonds is 2. The van der Waals surface area contributed by atoms with Crippen LogP contribution in [0.4, 0.5) is 14.7 Å². The molecule has 0 atom stereocenters. The van der Waals surface area contributed by atoms with Gasteiger partial charge in [-0.05, 0) is 32.0 Å². The van der Waals surface area contributed by atoms with Crippen molar-refractivity contribution < 1.29 is 18.0 Å². The minimum Gasteiger partial charge on any atom is -0.444 e. The van der Waals surface area contributed by atoms with E-state index >= 15 is 0 Å². The van der Waals surface area contributed by atoms with E-state index in [2.05, 4.69) is 5.32 Å². The van der Waals surface area contributed by atoms with Crippen LogP contribution in [0.3, 0.4) is 0 Å². The fraction of sp³-hybridized carbons (Fsp3) is 0.143. The molecule has 1 N–H and O–H groups in total. The fourth-order valence-electron chi connectivity index (χ4n) is 1.66. The molecule has 0 radical (unpaired) electrons. The normalized spacial score (nSPS) is 10.2. The van der Waals surface area contributed by atoms with E-state index in [0.29, 0.717) is 11.3 Å². The van der Waals surface area contributed by atoms with Crippen LogP contribution in [0, 0.1) is 36.8 Å². The van der Waals surface area contributed by atoms with E-state index in [1.54, 1.807) is 13.8 Å². The first kappa shape index (κ1) is 13.7. The smallest absolute Gasteiger partial charge is 0.258 e. The molecule has 0 aliphatic heterocycles. The van der Waals surface area contributed by atoms with E-state index in [1.165, 1.54) is 0 Å². The lowest BCUT2D eigenvalue weighted by Crippen LogP contribution is -2.12. The van der Waals surface area contributed by atoms with Gasteiger partial charge in [0.2, 0.25) is 5.88 Å². The van der Waals surface area contributed by atoms with Gasteiger partial charge in [0.15, 0.2) is 11.6 Å². The number of aryl methyl sites for hydroxylation is 1. The molecule has 1 aromatic heterocycles. The third-order valence-corrected chi connectivity index (χ3v) is 2.91. The van der Waals surface area contributed by atoms with Crippen molar-refractivity contribution in [3.05, 3.63) is 52.3 Å². The molecule has 2 aromatic rings. The van der Waals surface area contributed by atoms with Crippen LogP contribution in [0.1, 0.15) is 27.2 Å². The first-order valence-corrected chi connectivity index (χ1v) is 5.70. The molecule has 0 aliphatic carbocycles. The molecular formula is C14H10F2N2O2. The zero-order valence-corrected chi connectivity index (χ0v) is 10.8. The van der Waals surface area contributed by atoms with Crippen molar-refractivity contribution in [2.24, 2.45) is 0 Å². The van der Waals surface area contributed by atoms with Crippen LogP contribution < -0.4 is 5.32 Å². The van der Waals surface area contributed by atoms with E-state index in [0.717, 1.165) is 18.2 Å². The number of halogens is 2. The van der Waals surface area contributed by atoms with Gasteiger partial charge in [-0.2, -0.15) is 5.26 Å². The third-order valence-electron chi connectivity index (χ3n) is 2.91. The zero-order chi connectivity index (χ0) is 14.9. The Kier molecular flexibility index (Phi) is 3.53. The number of hydrogen-bond donors (Lipinski definition) is 1. The van der Waals surface area contributed by atoms with Crippen LogP contribution in [0.15, 0.2) is 22.6 Å². The molecule has 2 rings (SSSR count). The minimum absolute atomic E-state index is 0.00256. The maximum atomic E-state index is 13.1. The number of carbonyl (C=O) groups is 1. The average Bonchev–Trinajstić information content (AvgIpc) is 2.67. The summed E-state index contributed by atoms with van der Waals surface area (Å²) in [5, 5.41) is 11.4. The van der Waals surface area contributed by atoms with E-state index < -0.39 is 17.5 Å². The number of amides is 1. The summed E-state index contributed by atoms with van der Waals surface area (Å²) in [6.45, 7) is 3.34. The summed E-state index contributed by atoms with van der Waals surface area (Å²) < 4.78 is 31.1. The molecule has 1 heterocycles. The SMILES string of the molecule is Cc1oc(NC(=O)c2ccc(F)c(F)c2)c(C#N)c1C. The number of nitriles is 1. The molecule has 0 saturated carbocycles. The topological polar surface area (TPSA) is 66.0 Å². The zero-order valence-electron chi connectivity index (χ0n) is 10.8. The summed E-state index contributed by atoms with van der Waals surface area (Å²) in [7, 11) is 0. The molecule has 6 heteroatoms. The number of hydrogen-bond acceptors (Lipinski definition) is 3. The number of nitrogens with zero attached hydrogens (tertiary/aromatic N) is 1. The summed E-state index contributed by atoms with van der Waals surface area (Å²) in [6.07, 6.45) is 0. The number of benzene rings is 1. The van der Waals surface area contributed by atoms with Crippen molar-refractivity contribution in [1.29, 1.82) is 5.26 Å². The molecule has 0 aliphatic rings. The van der Waals surface area contributed by atoms with Crippen LogP contribution in [-0.4, -0.2) is 5.91 Å². The summed E-state index contributed by atoms with van der Waals surface area (Å²) in [5.74, 6) is -2.34. The van der Waals surface area contributed by atoms with Gasteiger partial charge in [0.25, 0.3) is 5.91 Å². The van der Waals surface area contributed by atoms with Crippen LogP contribution in [-0.2, 0) is 0 Å². The fourth-order valence-corrected chi connectivity index (χ4v) is 1.66. The Hall–Kier alpha value is -2.68. The van der Waals surface area contributed by atoms with Gasteiger partial charge in [-0.15, -0.1) is 0 Å².